The van der Waals surface area contributed by atoms with Crippen molar-refractivity contribution in [2.45, 2.75) is 0 Å². The average molecular weight is 309 g/mol. The third kappa shape index (κ3) is 2.10. The minimum atomic E-state index is -0.767. The fourth-order valence-electron chi connectivity index (χ4n) is 1.36. The lowest BCUT2D eigenvalue weighted by atomic mass is 10.3. The highest BCUT2D eigenvalue weighted by Gasteiger charge is 2.23. The van der Waals surface area contributed by atoms with Crippen molar-refractivity contribution in [2.24, 2.45) is 0 Å². The van der Waals surface area contributed by atoms with Crippen molar-refractivity contribution in [3.05, 3.63) is 43.5 Å². The van der Waals surface area contributed by atoms with Gasteiger partial charge in [-0.3, -0.25) is 10.1 Å². The third-order valence-electron chi connectivity index (χ3n) is 2.12. The number of nitrogens with zero attached hydrogens (tertiary/aromatic N) is 3. The molecule has 0 radical (unpaired) electrons. The van der Waals surface area contributed by atoms with E-state index >= 15 is 0 Å². The van der Waals surface area contributed by atoms with Crippen LogP contribution in [-0.2, 0) is 0 Å². The Hall–Kier alpha value is -1.50. The largest absolute Gasteiger partial charge is 0.488 e. The van der Waals surface area contributed by atoms with Crippen LogP contribution in [0.1, 0.15) is 0 Å². The molecule has 0 bridgehead atoms. The van der Waals surface area contributed by atoms with Crippen LogP contribution in [0.2, 0.25) is 15.1 Å². The van der Waals surface area contributed by atoms with Gasteiger partial charge in [-0.1, -0.05) is 34.8 Å². The van der Waals surface area contributed by atoms with Crippen molar-refractivity contribution in [2.75, 3.05) is 0 Å². The highest BCUT2D eigenvalue weighted by atomic mass is 35.5. The second kappa shape index (κ2) is 4.64. The molecule has 1 aromatic carbocycles. The molecule has 9 heteroatoms. The maximum atomic E-state index is 10.6. The Morgan fingerprint density at radius 1 is 1.28 bits per heavy atom. The van der Waals surface area contributed by atoms with Crippen molar-refractivity contribution in [3.63, 3.8) is 0 Å². The molecule has 0 fully saturated rings. The van der Waals surface area contributed by atoms with Crippen LogP contribution in [0.5, 0.6) is 5.88 Å². The predicted molar refractivity (Wildman–Crippen MR) is 66.9 cm³/mol. The molecule has 0 spiro atoms. The summed E-state index contributed by atoms with van der Waals surface area (Å²) >= 11 is 17.6. The lowest BCUT2D eigenvalue weighted by molar-refractivity contribution is -0.385. The molecule has 0 aliphatic carbocycles. The standard InChI is InChI=1S/C9H4Cl3N3O3/c10-4-1-5(11)8(6(12)2-4)14-9(16)7(3-13-14)15(17)18/h1-3,16H. The molecule has 0 saturated carbocycles. The van der Waals surface area contributed by atoms with Crippen molar-refractivity contribution < 1.29 is 10.0 Å². The van der Waals surface area contributed by atoms with E-state index in [1.54, 1.807) is 0 Å². The van der Waals surface area contributed by atoms with E-state index < -0.39 is 16.5 Å². The molecule has 0 saturated heterocycles. The molecule has 1 heterocycles. The van der Waals surface area contributed by atoms with Gasteiger partial charge in [0.05, 0.1) is 15.0 Å². The van der Waals surface area contributed by atoms with Gasteiger partial charge in [-0.25, -0.2) is 0 Å². The van der Waals surface area contributed by atoms with Gasteiger partial charge in [-0.2, -0.15) is 9.78 Å². The lowest BCUT2D eigenvalue weighted by Crippen LogP contribution is -1.98. The Balaban J connectivity index is 2.67. The molecule has 0 atom stereocenters. The number of hydrogen-bond acceptors (Lipinski definition) is 4. The first-order chi connectivity index (χ1) is 8.41. The number of benzene rings is 1. The van der Waals surface area contributed by atoms with E-state index in [9.17, 15) is 15.2 Å². The molecule has 1 N–H and O–H groups in total. The topological polar surface area (TPSA) is 81.2 Å². The van der Waals surface area contributed by atoms with Gasteiger partial charge in [-0.05, 0) is 12.1 Å². The number of aromatic hydroxyl groups is 1. The molecule has 6 nitrogen and oxygen atoms in total. The lowest BCUT2D eigenvalue weighted by Gasteiger charge is -2.07. The summed E-state index contributed by atoms with van der Waals surface area (Å²) in [5, 5.41) is 24.5. The van der Waals surface area contributed by atoms with Gasteiger partial charge in [0, 0.05) is 5.02 Å². The van der Waals surface area contributed by atoms with Crippen molar-refractivity contribution >= 4 is 40.5 Å². The van der Waals surface area contributed by atoms with Crippen LogP contribution in [0.25, 0.3) is 5.69 Å². The maximum absolute atomic E-state index is 10.6. The summed E-state index contributed by atoms with van der Waals surface area (Å²) in [6.07, 6.45) is 0.899. The smallest absolute Gasteiger partial charge is 0.350 e. The zero-order valence-electron chi connectivity index (χ0n) is 8.47. The molecule has 18 heavy (non-hydrogen) atoms. The van der Waals surface area contributed by atoms with Gasteiger partial charge in [0.25, 0.3) is 5.88 Å². The van der Waals surface area contributed by atoms with Crippen LogP contribution < -0.4 is 0 Å². The summed E-state index contributed by atoms with van der Waals surface area (Å²) in [4.78, 5) is 9.83. The van der Waals surface area contributed by atoms with E-state index in [4.69, 9.17) is 34.8 Å². The molecular formula is C9H4Cl3N3O3. The van der Waals surface area contributed by atoms with Crippen LogP contribution in [0.4, 0.5) is 5.69 Å². The van der Waals surface area contributed by atoms with Crippen molar-refractivity contribution in [3.8, 4) is 11.6 Å². The Bertz CT molecular complexity index is 618. The minimum Gasteiger partial charge on any atom is -0.488 e. The Kier molecular flexibility index (Phi) is 3.34. The zero-order chi connectivity index (χ0) is 13.4. The van der Waals surface area contributed by atoms with Crippen LogP contribution in [0, 0.1) is 10.1 Å². The second-order valence-corrected chi connectivity index (χ2v) is 4.49. The monoisotopic (exact) mass is 307 g/mol. The summed E-state index contributed by atoms with van der Waals surface area (Å²) in [6.45, 7) is 0. The molecular weight excluding hydrogens is 304 g/mol. The number of aromatic nitrogens is 2. The van der Waals surface area contributed by atoms with Crippen molar-refractivity contribution in [1.82, 2.24) is 9.78 Å². The van der Waals surface area contributed by atoms with Crippen LogP contribution in [0.3, 0.4) is 0 Å². The van der Waals surface area contributed by atoms with E-state index in [2.05, 4.69) is 5.10 Å². The molecule has 0 unspecified atom stereocenters. The second-order valence-electron chi connectivity index (χ2n) is 3.24. The summed E-state index contributed by atoms with van der Waals surface area (Å²) in [5.74, 6) is -0.661. The Labute approximate surface area is 115 Å². The molecule has 94 valence electrons. The third-order valence-corrected chi connectivity index (χ3v) is 2.91. The molecule has 2 aromatic rings. The van der Waals surface area contributed by atoms with Crippen molar-refractivity contribution in [1.29, 1.82) is 0 Å². The van der Waals surface area contributed by atoms with Gasteiger partial charge in [0.1, 0.15) is 11.9 Å². The van der Waals surface area contributed by atoms with Gasteiger partial charge in [0.15, 0.2) is 0 Å². The fraction of sp³-hybridized carbons (Fsp3) is 0. The van der Waals surface area contributed by atoms with E-state index in [-0.39, 0.29) is 15.7 Å². The van der Waals surface area contributed by atoms with Crippen LogP contribution >= 0.6 is 34.8 Å². The molecule has 2 rings (SSSR count). The molecule has 0 aliphatic rings. The van der Waals surface area contributed by atoms with E-state index in [0.29, 0.717) is 5.02 Å². The number of hydrogen-bond donors (Lipinski definition) is 1. The molecule has 0 aliphatic heterocycles. The van der Waals surface area contributed by atoms with Crippen LogP contribution in [-0.4, -0.2) is 19.8 Å². The number of rotatable bonds is 2. The summed E-state index contributed by atoms with van der Waals surface area (Å²) in [5.41, 5.74) is -0.426. The molecule has 0 amide bonds. The van der Waals surface area contributed by atoms with Gasteiger partial charge in [-0.15, -0.1) is 0 Å². The van der Waals surface area contributed by atoms with Gasteiger partial charge < -0.3 is 5.11 Å². The Morgan fingerprint density at radius 3 is 2.28 bits per heavy atom. The first-order valence-electron chi connectivity index (χ1n) is 4.48. The highest BCUT2D eigenvalue weighted by molar-refractivity contribution is 6.40. The zero-order valence-corrected chi connectivity index (χ0v) is 10.7. The summed E-state index contributed by atoms with van der Waals surface area (Å²) < 4.78 is 0.874. The normalized spacial score (nSPS) is 10.6. The van der Waals surface area contributed by atoms with E-state index in [1.807, 2.05) is 0 Å². The van der Waals surface area contributed by atoms with Gasteiger partial charge in [0.2, 0.25) is 0 Å². The predicted octanol–water partition coefficient (Wildman–Crippen LogP) is 3.45. The summed E-state index contributed by atoms with van der Waals surface area (Å²) in [6, 6.07) is 2.77. The molecule has 1 aromatic heterocycles. The minimum absolute atomic E-state index is 0.112. The van der Waals surface area contributed by atoms with Crippen LogP contribution in [0.15, 0.2) is 18.3 Å². The number of halogens is 3. The summed E-state index contributed by atoms with van der Waals surface area (Å²) in [7, 11) is 0. The average Bonchev–Trinajstić information content (AvgIpc) is 2.59. The van der Waals surface area contributed by atoms with E-state index in [0.717, 1.165) is 10.9 Å². The van der Waals surface area contributed by atoms with E-state index in [1.165, 1.54) is 12.1 Å². The van der Waals surface area contributed by atoms with Gasteiger partial charge >= 0.3 is 5.69 Å². The Morgan fingerprint density at radius 2 is 1.83 bits per heavy atom. The first-order valence-corrected chi connectivity index (χ1v) is 5.61. The first kappa shape index (κ1) is 12.9. The quantitative estimate of drug-likeness (QED) is 0.680. The maximum Gasteiger partial charge on any atom is 0.350 e. The SMILES string of the molecule is O=[N+]([O-])c1cnn(-c2c(Cl)cc(Cl)cc2Cl)c1O. The highest BCUT2D eigenvalue weighted by Crippen LogP contribution is 2.36. The number of nitro groups is 1. The fourth-order valence-corrected chi connectivity index (χ4v) is 2.34.